The van der Waals surface area contributed by atoms with E-state index in [-0.39, 0.29) is 5.72 Å². The second-order valence-corrected chi connectivity index (χ2v) is 4.45. The molecule has 0 amide bonds. The molecule has 0 radical (unpaired) electrons. The number of rotatable bonds is 0. The Morgan fingerprint density at radius 2 is 2.17 bits per heavy atom. The molecule has 0 N–H and O–H groups in total. The van der Waals surface area contributed by atoms with Crippen molar-refractivity contribution in [3.63, 3.8) is 0 Å². The highest BCUT2D eigenvalue weighted by molar-refractivity contribution is 4.95. The summed E-state index contributed by atoms with van der Waals surface area (Å²) in [5.41, 5.74) is 0.111. The van der Waals surface area contributed by atoms with Crippen molar-refractivity contribution >= 4 is 0 Å². The van der Waals surface area contributed by atoms with Gasteiger partial charge in [0.2, 0.25) is 0 Å². The van der Waals surface area contributed by atoms with Crippen LogP contribution in [0.4, 0.5) is 0 Å². The van der Waals surface area contributed by atoms with Crippen LogP contribution in [0.15, 0.2) is 0 Å². The van der Waals surface area contributed by atoms with Gasteiger partial charge in [-0.1, -0.05) is 6.92 Å². The lowest BCUT2D eigenvalue weighted by molar-refractivity contribution is -0.114. The highest BCUT2D eigenvalue weighted by Crippen LogP contribution is 2.44. The molecular weight excluding hydrogens is 150 g/mol. The van der Waals surface area contributed by atoms with Gasteiger partial charge in [-0.05, 0) is 39.2 Å². The lowest BCUT2D eigenvalue weighted by atomic mass is 10.0. The summed E-state index contributed by atoms with van der Waals surface area (Å²) in [4.78, 5) is 2.41. The van der Waals surface area contributed by atoms with Gasteiger partial charge in [-0.2, -0.15) is 0 Å². The van der Waals surface area contributed by atoms with Gasteiger partial charge in [0.1, 0.15) is 5.72 Å². The van der Waals surface area contributed by atoms with E-state index >= 15 is 0 Å². The molecule has 1 saturated carbocycles. The van der Waals surface area contributed by atoms with Crippen LogP contribution in [0.2, 0.25) is 0 Å². The maximum atomic E-state index is 6.06. The predicted octanol–water partition coefficient (Wildman–Crippen LogP) is 1.85. The van der Waals surface area contributed by atoms with E-state index in [1.165, 1.54) is 19.3 Å². The number of hydrogen-bond acceptors (Lipinski definition) is 2. The minimum atomic E-state index is 0.111. The molecule has 12 heavy (non-hydrogen) atoms. The normalized spacial score (nSPS) is 49.2. The molecule has 0 aromatic heterocycles. The van der Waals surface area contributed by atoms with Crippen molar-refractivity contribution in [3.05, 3.63) is 0 Å². The maximum Gasteiger partial charge on any atom is 0.124 e. The SMILES string of the molecule is C[C@@H]1CN(C)C2(CCC[C@H]2C)O1. The monoisotopic (exact) mass is 169 g/mol. The van der Waals surface area contributed by atoms with Crippen molar-refractivity contribution in [1.82, 2.24) is 4.90 Å². The highest BCUT2D eigenvalue weighted by atomic mass is 16.5. The summed E-state index contributed by atoms with van der Waals surface area (Å²) in [6.07, 6.45) is 4.32. The van der Waals surface area contributed by atoms with E-state index in [4.69, 9.17) is 4.74 Å². The van der Waals surface area contributed by atoms with Crippen molar-refractivity contribution < 1.29 is 4.74 Å². The summed E-state index contributed by atoms with van der Waals surface area (Å²) >= 11 is 0. The molecule has 2 aliphatic rings. The quantitative estimate of drug-likeness (QED) is 0.549. The van der Waals surface area contributed by atoms with E-state index in [1.807, 2.05) is 0 Å². The van der Waals surface area contributed by atoms with Crippen LogP contribution in [-0.2, 0) is 4.74 Å². The molecule has 1 heterocycles. The van der Waals surface area contributed by atoms with Crippen molar-refractivity contribution in [2.75, 3.05) is 13.6 Å². The molecule has 1 spiro atoms. The summed E-state index contributed by atoms with van der Waals surface area (Å²) in [6, 6.07) is 0. The first-order valence-corrected chi connectivity index (χ1v) is 5.04. The first kappa shape index (κ1) is 8.52. The minimum Gasteiger partial charge on any atom is -0.356 e. The summed E-state index contributed by atoms with van der Waals surface area (Å²) in [5, 5.41) is 0. The fourth-order valence-electron chi connectivity index (χ4n) is 2.89. The standard InChI is InChI=1S/C10H19NO/c1-8-5-4-6-10(8)11(3)7-9(2)12-10/h8-9H,4-7H2,1-3H3/t8-,9-,10?/m1/s1. The molecule has 0 aromatic carbocycles. The van der Waals surface area contributed by atoms with Crippen LogP contribution < -0.4 is 0 Å². The van der Waals surface area contributed by atoms with Gasteiger partial charge in [0, 0.05) is 6.54 Å². The Hall–Kier alpha value is -0.0800. The Morgan fingerprint density at radius 1 is 1.42 bits per heavy atom. The van der Waals surface area contributed by atoms with E-state index in [2.05, 4.69) is 25.8 Å². The fourth-order valence-corrected chi connectivity index (χ4v) is 2.89. The Kier molecular flexibility index (Phi) is 1.92. The summed E-state index contributed by atoms with van der Waals surface area (Å²) in [7, 11) is 2.20. The Bertz CT molecular complexity index is 183. The van der Waals surface area contributed by atoms with Crippen LogP contribution >= 0.6 is 0 Å². The van der Waals surface area contributed by atoms with Crippen LogP contribution in [0.25, 0.3) is 0 Å². The molecule has 2 fully saturated rings. The van der Waals surface area contributed by atoms with Crippen LogP contribution in [0, 0.1) is 5.92 Å². The third kappa shape index (κ3) is 1.01. The molecule has 2 heteroatoms. The number of hydrogen-bond donors (Lipinski definition) is 0. The summed E-state index contributed by atoms with van der Waals surface area (Å²) in [5.74, 6) is 0.715. The molecule has 1 saturated heterocycles. The van der Waals surface area contributed by atoms with Gasteiger partial charge in [-0.15, -0.1) is 0 Å². The van der Waals surface area contributed by atoms with Gasteiger partial charge in [-0.25, -0.2) is 0 Å². The van der Waals surface area contributed by atoms with Crippen molar-refractivity contribution in [2.45, 2.75) is 44.9 Å². The van der Waals surface area contributed by atoms with E-state index in [1.54, 1.807) is 0 Å². The maximum absolute atomic E-state index is 6.06. The average molecular weight is 169 g/mol. The first-order chi connectivity index (χ1) is 5.65. The first-order valence-electron chi connectivity index (χ1n) is 5.04. The van der Waals surface area contributed by atoms with Crippen LogP contribution in [-0.4, -0.2) is 30.3 Å². The molecular formula is C10H19NO. The second-order valence-electron chi connectivity index (χ2n) is 4.45. The molecule has 70 valence electrons. The lowest BCUT2D eigenvalue weighted by Gasteiger charge is -2.34. The van der Waals surface area contributed by atoms with Crippen molar-refractivity contribution in [3.8, 4) is 0 Å². The van der Waals surface area contributed by atoms with Gasteiger partial charge in [0.15, 0.2) is 0 Å². The van der Waals surface area contributed by atoms with Gasteiger partial charge in [0.25, 0.3) is 0 Å². The van der Waals surface area contributed by atoms with E-state index < -0.39 is 0 Å². The minimum absolute atomic E-state index is 0.111. The lowest BCUT2D eigenvalue weighted by Crippen LogP contribution is -2.44. The zero-order chi connectivity index (χ0) is 8.77. The zero-order valence-corrected chi connectivity index (χ0v) is 8.34. The van der Waals surface area contributed by atoms with E-state index in [0.717, 1.165) is 6.54 Å². The topological polar surface area (TPSA) is 12.5 Å². The Balaban J connectivity index is 2.19. The number of likely N-dealkylation sites (N-methyl/N-ethyl adjacent to an activating group) is 1. The Labute approximate surface area is 74.9 Å². The van der Waals surface area contributed by atoms with Crippen molar-refractivity contribution in [1.29, 1.82) is 0 Å². The molecule has 0 aromatic rings. The van der Waals surface area contributed by atoms with Gasteiger partial charge >= 0.3 is 0 Å². The smallest absolute Gasteiger partial charge is 0.124 e. The van der Waals surface area contributed by atoms with Gasteiger partial charge in [-0.3, -0.25) is 4.90 Å². The fraction of sp³-hybridized carbons (Fsp3) is 1.00. The molecule has 3 atom stereocenters. The average Bonchev–Trinajstić information content (AvgIpc) is 2.44. The van der Waals surface area contributed by atoms with E-state index in [0.29, 0.717) is 12.0 Å². The molecule has 1 aliphatic heterocycles. The predicted molar refractivity (Wildman–Crippen MR) is 48.9 cm³/mol. The highest BCUT2D eigenvalue weighted by Gasteiger charge is 2.49. The van der Waals surface area contributed by atoms with Crippen LogP contribution in [0.3, 0.4) is 0 Å². The molecule has 1 unspecified atom stereocenters. The van der Waals surface area contributed by atoms with Gasteiger partial charge < -0.3 is 4.74 Å². The number of nitrogens with zero attached hydrogens (tertiary/aromatic N) is 1. The summed E-state index contributed by atoms with van der Waals surface area (Å²) in [6.45, 7) is 5.60. The number of ether oxygens (including phenoxy) is 1. The van der Waals surface area contributed by atoms with Crippen LogP contribution in [0.5, 0.6) is 0 Å². The third-order valence-corrected chi connectivity index (χ3v) is 3.52. The van der Waals surface area contributed by atoms with E-state index in [9.17, 15) is 0 Å². The second kappa shape index (κ2) is 2.71. The molecule has 0 bridgehead atoms. The largest absolute Gasteiger partial charge is 0.356 e. The third-order valence-electron chi connectivity index (χ3n) is 3.52. The Morgan fingerprint density at radius 3 is 2.58 bits per heavy atom. The molecule has 2 rings (SSSR count). The van der Waals surface area contributed by atoms with Crippen LogP contribution in [0.1, 0.15) is 33.1 Å². The van der Waals surface area contributed by atoms with Gasteiger partial charge in [0.05, 0.1) is 6.10 Å². The molecule has 1 aliphatic carbocycles. The zero-order valence-electron chi connectivity index (χ0n) is 8.34. The summed E-state index contributed by atoms with van der Waals surface area (Å²) < 4.78 is 6.06. The van der Waals surface area contributed by atoms with Crippen molar-refractivity contribution in [2.24, 2.45) is 5.92 Å². The molecule has 2 nitrogen and oxygen atoms in total.